The van der Waals surface area contributed by atoms with Crippen molar-refractivity contribution in [1.29, 1.82) is 0 Å². The van der Waals surface area contributed by atoms with E-state index >= 15 is 0 Å². The van der Waals surface area contributed by atoms with Crippen LogP contribution in [0, 0.1) is 18.8 Å². The number of carboxylic acids is 1. The molecule has 4 aromatic carbocycles. The SMILES string of the molecule is Cc1c(OC[C@H](C)CC2CCN(CC(=O)Nc3ccc4c([C@H]5CCC(=O)NC5=O)nn(C)c4c3)CC2)cccc1-c1ccc(N2CCc3cccc(C(=O)Nc4nc5ccccc5s4)c3C2)nc1C(=O)O. The first-order valence-electron chi connectivity index (χ1n) is 24.2. The molecule has 0 saturated carbocycles. The zero-order chi connectivity index (χ0) is 49.3. The smallest absolute Gasteiger partial charge is 0.355 e. The van der Waals surface area contributed by atoms with Gasteiger partial charge in [0.2, 0.25) is 17.7 Å². The third-order valence-corrected chi connectivity index (χ3v) is 15.0. The molecular weight excluding hydrogens is 919 g/mol. The van der Waals surface area contributed by atoms with Crippen LogP contribution in [0.25, 0.3) is 32.2 Å². The number of hydrogen-bond donors (Lipinski definition) is 4. The molecule has 4 amide bonds. The average molecular weight is 974 g/mol. The topological polar surface area (TPSA) is 201 Å². The molecule has 0 unspecified atom stereocenters. The molecule has 10 rings (SSSR count). The van der Waals surface area contributed by atoms with Crippen LogP contribution in [-0.4, -0.2) is 92.1 Å². The molecule has 0 spiro atoms. The van der Waals surface area contributed by atoms with Crippen molar-refractivity contribution in [1.82, 2.24) is 30.0 Å². The third-order valence-electron chi connectivity index (χ3n) is 14.1. The Morgan fingerprint density at radius 1 is 0.901 bits per heavy atom. The number of para-hydroxylation sites is 1. The number of fused-ring (bicyclic) bond motifs is 3. The van der Waals surface area contributed by atoms with Crippen molar-refractivity contribution in [2.75, 3.05) is 48.3 Å². The number of pyridine rings is 1. The zero-order valence-electron chi connectivity index (χ0n) is 39.9. The quantitative estimate of drug-likeness (QED) is 0.0761. The molecular formula is C54H55N9O7S. The molecule has 16 nitrogen and oxygen atoms in total. The molecule has 2 atom stereocenters. The van der Waals surface area contributed by atoms with Gasteiger partial charge in [-0.15, -0.1) is 0 Å². The summed E-state index contributed by atoms with van der Waals surface area (Å²) in [4.78, 5) is 77.4. The van der Waals surface area contributed by atoms with Gasteiger partial charge in [-0.05, 0) is 141 Å². The summed E-state index contributed by atoms with van der Waals surface area (Å²) in [7, 11) is 1.81. The van der Waals surface area contributed by atoms with Gasteiger partial charge in [-0.3, -0.25) is 39.4 Å². The maximum Gasteiger partial charge on any atom is 0.355 e. The van der Waals surface area contributed by atoms with Crippen molar-refractivity contribution in [3.63, 3.8) is 0 Å². The molecule has 71 heavy (non-hydrogen) atoms. The number of aryl methyl sites for hydroxylation is 1. The third kappa shape index (κ3) is 10.1. The molecule has 3 aromatic heterocycles. The van der Waals surface area contributed by atoms with Gasteiger partial charge in [-0.1, -0.05) is 54.7 Å². The van der Waals surface area contributed by atoms with E-state index in [4.69, 9.17) is 9.72 Å². The number of carboxylic acid groups (broad SMARTS) is 1. The fourth-order valence-electron chi connectivity index (χ4n) is 10.4. The van der Waals surface area contributed by atoms with Gasteiger partial charge in [0.1, 0.15) is 11.6 Å². The summed E-state index contributed by atoms with van der Waals surface area (Å²) in [5.74, 6) is -0.586. The second-order valence-electron chi connectivity index (χ2n) is 19.0. The lowest BCUT2D eigenvalue weighted by Crippen LogP contribution is -2.39. The van der Waals surface area contributed by atoms with Gasteiger partial charge in [0.15, 0.2) is 10.8 Å². The van der Waals surface area contributed by atoms with Gasteiger partial charge in [0, 0.05) is 48.8 Å². The number of piperidine rings is 2. The van der Waals surface area contributed by atoms with E-state index in [9.17, 15) is 29.1 Å². The number of nitrogens with zero attached hydrogens (tertiary/aromatic N) is 6. The number of aromatic carboxylic acids is 1. The molecule has 2 saturated heterocycles. The molecule has 0 radical (unpaired) electrons. The van der Waals surface area contributed by atoms with Crippen molar-refractivity contribution in [3.05, 3.63) is 125 Å². The summed E-state index contributed by atoms with van der Waals surface area (Å²) in [5.41, 5.74) is 7.42. The van der Waals surface area contributed by atoms with E-state index < -0.39 is 11.9 Å². The molecule has 6 heterocycles. The van der Waals surface area contributed by atoms with Crippen LogP contribution in [0.4, 0.5) is 16.6 Å². The number of rotatable bonds is 14. The standard InChI is InChI=1S/C54H55N9O7S/c1-31(26-33-20-23-62(24-21-33)29-48(65)55-35-14-15-39-43(27-35)61(3)60-49(39)40-17-19-47(64)58-52(40)67)30-70-44-12-7-9-36(32(44)2)37-16-18-46(57-50(37)53(68)69)63-25-22-34-8-6-10-38(41(34)28-63)51(66)59-54-56-42-11-4-5-13-45(42)71-54/h4-16,18,27,31,33,40H,17,19-26,28-30H2,1-3H3,(H,55,65)(H,68,69)(H,56,59,66)(H,58,64,67)/t31-,40-/m1/s1. The van der Waals surface area contributed by atoms with Crippen LogP contribution < -0.4 is 25.6 Å². The summed E-state index contributed by atoms with van der Waals surface area (Å²) >= 11 is 1.43. The van der Waals surface area contributed by atoms with Crippen molar-refractivity contribution in [2.24, 2.45) is 18.9 Å². The van der Waals surface area contributed by atoms with Crippen LogP contribution >= 0.6 is 11.3 Å². The summed E-state index contributed by atoms with van der Waals surface area (Å²) in [6.07, 6.45) is 4.29. The fourth-order valence-corrected chi connectivity index (χ4v) is 11.2. The maximum atomic E-state index is 13.6. The predicted octanol–water partition coefficient (Wildman–Crippen LogP) is 8.34. The molecule has 17 heteroatoms. The predicted molar refractivity (Wildman–Crippen MR) is 273 cm³/mol. The minimum atomic E-state index is -1.13. The van der Waals surface area contributed by atoms with Gasteiger partial charge in [-0.2, -0.15) is 5.10 Å². The number of hydrogen-bond acceptors (Lipinski definition) is 12. The number of amides is 4. The summed E-state index contributed by atoms with van der Waals surface area (Å²) in [5, 5.41) is 24.9. The molecule has 2 fully saturated rings. The number of thiazole rings is 1. The number of carbonyl (C=O) groups is 5. The highest BCUT2D eigenvalue weighted by molar-refractivity contribution is 7.22. The summed E-state index contributed by atoms with van der Waals surface area (Å²) in [6, 6.07) is 28.4. The second kappa shape index (κ2) is 20.1. The van der Waals surface area contributed by atoms with E-state index in [1.54, 1.807) is 11.7 Å². The number of ether oxygens (including phenoxy) is 1. The number of nitrogens with one attached hydrogen (secondary N) is 3. The Kier molecular flexibility index (Phi) is 13.3. The van der Waals surface area contributed by atoms with E-state index in [1.165, 1.54) is 11.3 Å². The Morgan fingerprint density at radius 3 is 2.52 bits per heavy atom. The molecule has 0 aliphatic carbocycles. The highest BCUT2D eigenvalue weighted by atomic mass is 32.1. The van der Waals surface area contributed by atoms with Crippen LogP contribution in [0.3, 0.4) is 0 Å². The minimum absolute atomic E-state index is 0.0547. The number of anilines is 3. The highest BCUT2D eigenvalue weighted by Crippen LogP contribution is 2.36. The van der Waals surface area contributed by atoms with E-state index in [0.717, 1.165) is 75.7 Å². The van der Waals surface area contributed by atoms with E-state index in [1.807, 2.05) is 103 Å². The van der Waals surface area contributed by atoms with Crippen LogP contribution in [0.2, 0.25) is 0 Å². The maximum absolute atomic E-state index is 13.6. The minimum Gasteiger partial charge on any atom is -0.493 e. The summed E-state index contributed by atoms with van der Waals surface area (Å²) in [6.45, 7) is 7.56. The lowest BCUT2D eigenvalue weighted by atomic mass is 9.88. The number of benzene rings is 4. The van der Waals surface area contributed by atoms with Gasteiger partial charge in [0.25, 0.3) is 5.91 Å². The number of aromatic nitrogens is 4. The molecule has 3 aliphatic rings. The molecule has 364 valence electrons. The Morgan fingerprint density at radius 2 is 1.72 bits per heavy atom. The van der Waals surface area contributed by atoms with Gasteiger partial charge in [-0.25, -0.2) is 14.8 Å². The normalized spacial score (nSPS) is 16.9. The number of likely N-dealkylation sites (tertiary alicyclic amines) is 1. The number of imide groups is 1. The Balaban J connectivity index is 0.721. The van der Waals surface area contributed by atoms with Crippen LogP contribution in [0.1, 0.15) is 88.2 Å². The fraction of sp³-hybridized carbons (Fsp3) is 0.333. The Labute approximate surface area is 414 Å². The van der Waals surface area contributed by atoms with Crippen molar-refractivity contribution in [2.45, 2.75) is 64.8 Å². The van der Waals surface area contributed by atoms with Crippen molar-refractivity contribution < 1.29 is 33.8 Å². The first-order chi connectivity index (χ1) is 34.3. The monoisotopic (exact) mass is 973 g/mol. The molecule has 4 N–H and O–H groups in total. The largest absolute Gasteiger partial charge is 0.493 e. The average Bonchev–Trinajstić information content (AvgIpc) is 3.92. The van der Waals surface area contributed by atoms with E-state index in [-0.39, 0.29) is 48.2 Å². The lowest BCUT2D eigenvalue weighted by Gasteiger charge is -2.32. The summed E-state index contributed by atoms with van der Waals surface area (Å²) < 4.78 is 9.13. The molecule has 3 aliphatic heterocycles. The Hall–Kier alpha value is -7.50. The van der Waals surface area contributed by atoms with Gasteiger partial charge >= 0.3 is 5.97 Å². The first kappa shape index (κ1) is 47.2. The van der Waals surface area contributed by atoms with Crippen molar-refractivity contribution in [3.8, 4) is 16.9 Å². The van der Waals surface area contributed by atoms with Crippen LogP contribution in [0.5, 0.6) is 5.75 Å². The van der Waals surface area contributed by atoms with Crippen molar-refractivity contribution >= 4 is 78.7 Å². The van der Waals surface area contributed by atoms with E-state index in [2.05, 4.69) is 37.9 Å². The number of carbonyl (C=O) groups excluding carboxylic acids is 4. The van der Waals surface area contributed by atoms with Gasteiger partial charge < -0.3 is 20.1 Å². The zero-order valence-corrected chi connectivity index (χ0v) is 40.7. The second-order valence-corrected chi connectivity index (χ2v) is 20.0. The van der Waals surface area contributed by atoms with E-state index in [0.29, 0.717) is 77.7 Å². The molecule has 7 aromatic rings. The lowest BCUT2D eigenvalue weighted by molar-refractivity contribution is -0.134. The molecule has 0 bridgehead atoms. The first-order valence-corrected chi connectivity index (χ1v) is 25.0. The van der Waals surface area contributed by atoms with Crippen LogP contribution in [-0.2, 0) is 34.4 Å². The van der Waals surface area contributed by atoms with Crippen LogP contribution in [0.15, 0.2) is 91.0 Å². The van der Waals surface area contributed by atoms with Gasteiger partial charge in [0.05, 0.1) is 40.5 Å². The highest BCUT2D eigenvalue weighted by Gasteiger charge is 2.32. The Bertz CT molecular complexity index is 3200.